The topological polar surface area (TPSA) is 64.6 Å². The van der Waals surface area contributed by atoms with Crippen molar-refractivity contribution in [1.82, 2.24) is 5.32 Å². The van der Waals surface area contributed by atoms with Gasteiger partial charge < -0.3 is 14.8 Å². The number of esters is 1. The molecule has 0 spiro atoms. The third kappa shape index (κ3) is 3.76. The number of ether oxygens (including phenoxy) is 2. The van der Waals surface area contributed by atoms with E-state index >= 15 is 0 Å². The SMILES string of the molecule is CC(C)[C@@]12C[C@@H](NC(=O)CF)C(C)(O1)[C@@H]1CC[C@@H](C)[C@H]1[C@@H]2OC(=O)/C=C/c1ccccc1. The van der Waals surface area contributed by atoms with Gasteiger partial charge in [0, 0.05) is 18.4 Å². The van der Waals surface area contributed by atoms with Crippen molar-refractivity contribution in [1.29, 1.82) is 0 Å². The van der Waals surface area contributed by atoms with Gasteiger partial charge in [0.25, 0.3) is 5.91 Å². The Kier molecular flexibility index (Phi) is 6.19. The summed E-state index contributed by atoms with van der Waals surface area (Å²) in [7, 11) is 0. The minimum absolute atomic E-state index is 0.0544. The van der Waals surface area contributed by atoms with Crippen LogP contribution in [0.5, 0.6) is 0 Å². The minimum Gasteiger partial charge on any atom is -0.456 e. The number of carbonyl (C=O) groups excluding carboxylic acids is 2. The smallest absolute Gasteiger partial charge is 0.331 e. The summed E-state index contributed by atoms with van der Waals surface area (Å²) in [6.07, 6.45) is 5.27. The molecular formula is C26H34FNO4. The number of alkyl halides is 1. The van der Waals surface area contributed by atoms with Crippen molar-refractivity contribution in [3.8, 4) is 0 Å². The van der Waals surface area contributed by atoms with Gasteiger partial charge in [-0.3, -0.25) is 4.79 Å². The second kappa shape index (κ2) is 8.62. The number of nitrogens with one attached hydrogen (secondary N) is 1. The second-order valence-electron chi connectivity index (χ2n) is 10.2. The Hall–Kier alpha value is -2.21. The number of fused-ring (bicyclic) bond motifs is 4. The number of hydrogen-bond acceptors (Lipinski definition) is 4. The molecule has 2 aliphatic heterocycles. The van der Waals surface area contributed by atoms with Crippen LogP contribution in [0.2, 0.25) is 0 Å². The molecule has 6 heteroatoms. The molecule has 1 aromatic carbocycles. The summed E-state index contributed by atoms with van der Waals surface area (Å²) in [6.45, 7) is 7.35. The van der Waals surface area contributed by atoms with Crippen LogP contribution < -0.4 is 5.32 Å². The molecule has 1 amide bonds. The van der Waals surface area contributed by atoms with Crippen LogP contribution >= 0.6 is 0 Å². The zero-order valence-electron chi connectivity index (χ0n) is 19.3. The van der Waals surface area contributed by atoms with Gasteiger partial charge in [-0.1, -0.05) is 51.1 Å². The molecule has 1 aromatic rings. The number of rotatable bonds is 6. The van der Waals surface area contributed by atoms with Gasteiger partial charge in [-0.05, 0) is 49.2 Å². The molecule has 7 atom stereocenters. The van der Waals surface area contributed by atoms with E-state index in [0.717, 1.165) is 18.4 Å². The average molecular weight is 444 g/mol. The molecule has 1 aliphatic carbocycles. The van der Waals surface area contributed by atoms with E-state index in [1.807, 2.05) is 37.3 Å². The van der Waals surface area contributed by atoms with E-state index in [2.05, 4.69) is 26.1 Å². The maximum Gasteiger partial charge on any atom is 0.331 e. The summed E-state index contributed by atoms with van der Waals surface area (Å²) in [4.78, 5) is 24.9. The summed E-state index contributed by atoms with van der Waals surface area (Å²) < 4.78 is 26.0. The molecule has 1 unspecified atom stereocenters. The molecule has 2 saturated heterocycles. The molecule has 0 aromatic heterocycles. The summed E-state index contributed by atoms with van der Waals surface area (Å²) in [5.41, 5.74) is -0.399. The van der Waals surface area contributed by atoms with E-state index in [9.17, 15) is 14.0 Å². The highest BCUT2D eigenvalue weighted by Crippen LogP contribution is 2.62. The predicted octanol–water partition coefficient (Wildman–Crippen LogP) is 4.32. The Labute approximate surface area is 189 Å². The van der Waals surface area contributed by atoms with Crippen molar-refractivity contribution in [2.45, 2.75) is 70.3 Å². The molecule has 4 rings (SSSR count). The van der Waals surface area contributed by atoms with Crippen molar-refractivity contribution in [3.05, 3.63) is 42.0 Å². The lowest BCUT2D eigenvalue weighted by Gasteiger charge is -2.53. The van der Waals surface area contributed by atoms with Gasteiger partial charge in [0.2, 0.25) is 0 Å². The van der Waals surface area contributed by atoms with E-state index in [1.165, 1.54) is 6.08 Å². The van der Waals surface area contributed by atoms with Crippen molar-refractivity contribution >= 4 is 18.0 Å². The van der Waals surface area contributed by atoms with Crippen LogP contribution in [0.15, 0.2) is 36.4 Å². The number of halogens is 1. The van der Waals surface area contributed by atoms with Crippen LogP contribution in [0.3, 0.4) is 0 Å². The Morgan fingerprint density at radius 3 is 2.66 bits per heavy atom. The largest absolute Gasteiger partial charge is 0.456 e. The van der Waals surface area contributed by atoms with Gasteiger partial charge >= 0.3 is 5.97 Å². The lowest BCUT2D eigenvalue weighted by Crippen LogP contribution is -2.63. The molecule has 1 saturated carbocycles. The zero-order chi connectivity index (χ0) is 23.1. The van der Waals surface area contributed by atoms with Crippen LogP contribution in [0.1, 0.15) is 52.5 Å². The van der Waals surface area contributed by atoms with Gasteiger partial charge in [0.15, 0.2) is 6.67 Å². The number of carbonyl (C=O) groups is 2. The Morgan fingerprint density at radius 1 is 1.28 bits per heavy atom. The summed E-state index contributed by atoms with van der Waals surface area (Å²) in [5.74, 6) is -0.315. The van der Waals surface area contributed by atoms with E-state index < -0.39 is 29.9 Å². The fraction of sp³-hybridized carbons (Fsp3) is 0.615. The van der Waals surface area contributed by atoms with Gasteiger partial charge in [-0.15, -0.1) is 0 Å². The van der Waals surface area contributed by atoms with E-state index in [0.29, 0.717) is 12.3 Å². The fourth-order valence-electron chi connectivity index (χ4n) is 6.46. The van der Waals surface area contributed by atoms with Gasteiger partial charge in [-0.25, -0.2) is 9.18 Å². The molecular weight excluding hydrogens is 409 g/mol. The van der Waals surface area contributed by atoms with E-state index in [-0.39, 0.29) is 29.8 Å². The predicted molar refractivity (Wildman–Crippen MR) is 120 cm³/mol. The lowest BCUT2D eigenvalue weighted by atomic mass is 9.69. The van der Waals surface area contributed by atoms with Crippen LogP contribution in [0.25, 0.3) is 6.08 Å². The number of benzene rings is 1. The first kappa shape index (κ1) is 23.0. The highest BCUT2D eigenvalue weighted by atomic mass is 19.1. The first-order valence-corrected chi connectivity index (χ1v) is 11.7. The van der Waals surface area contributed by atoms with Crippen LogP contribution in [0.4, 0.5) is 4.39 Å². The summed E-state index contributed by atoms with van der Waals surface area (Å²) >= 11 is 0. The van der Waals surface area contributed by atoms with Crippen LogP contribution in [-0.4, -0.2) is 41.9 Å². The molecule has 0 radical (unpaired) electrons. The highest BCUT2D eigenvalue weighted by Gasteiger charge is 2.71. The molecule has 5 nitrogen and oxygen atoms in total. The van der Waals surface area contributed by atoms with E-state index in [4.69, 9.17) is 9.47 Å². The Balaban J connectivity index is 1.65. The minimum atomic E-state index is -1.05. The average Bonchev–Trinajstić information content (AvgIpc) is 3.28. The number of hydrogen-bond donors (Lipinski definition) is 1. The highest BCUT2D eigenvalue weighted by molar-refractivity contribution is 5.87. The molecule has 2 heterocycles. The van der Waals surface area contributed by atoms with Gasteiger partial charge in [0.05, 0.1) is 11.6 Å². The molecule has 2 bridgehead atoms. The third-order valence-electron chi connectivity index (χ3n) is 8.14. The Morgan fingerprint density at radius 2 is 2.00 bits per heavy atom. The van der Waals surface area contributed by atoms with Gasteiger partial charge in [0.1, 0.15) is 11.7 Å². The van der Waals surface area contributed by atoms with Crippen molar-refractivity contribution in [3.63, 3.8) is 0 Å². The lowest BCUT2D eigenvalue weighted by molar-refractivity contribution is -0.259. The zero-order valence-corrected chi connectivity index (χ0v) is 19.3. The second-order valence-corrected chi connectivity index (χ2v) is 10.2. The maximum atomic E-state index is 13.0. The first-order chi connectivity index (χ1) is 15.2. The molecule has 3 fully saturated rings. The van der Waals surface area contributed by atoms with Crippen molar-refractivity contribution < 1.29 is 23.5 Å². The third-order valence-corrected chi connectivity index (χ3v) is 8.14. The van der Waals surface area contributed by atoms with Crippen LogP contribution in [0, 0.1) is 23.7 Å². The monoisotopic (exact) mass is 443 g/mol. The standard InChI is InChI=1S/C26H34FNO4/c1-16(2)26-14-20(28-21(29)15-27)25(4,32-26)19-12-10-17(3)23(19)24(26)31-22(30)13-11-18-8-6-5-7-9-18/h5-9,11,13,16-17,19-20,23-24H,10,12,14-15H2,1-4H3,(H,28,29)/b13-11+/t17-,19-,20-,23-,24+,25?,26-/m1/s1. The Bertz CT molecular complexity index is 887. The maximum absolute atomic E-state index is 13.0. The summed E-state index contributed by atoms with van der Waals surface area (Å²) in [6, 6.07) is 9.32. The quantitative estimate of drug-likeness (QED) is 0.526. The number of amides is 1. The first-order valence-electron chi connectivity index (χ1n) is 11.7. The molecule has 32 heavy (non-hydrogen) atoms. The molecule has 3 aliphatic rings. The van der Waals surface area contributed by atoms with Crippen LogP contribution in [-0.2, 0) is 19.1 Å². The normalized spacial score (nSPS) is 38.1. The van der Waals surface area contributed by atoms with Gasteiger partial charge in [-0.2, -0.15) is 0 Å². The fourth-order valence-corrected chi connectivity index (χ4v) is 6.46. The summed E-state index contributed by atoms with van der Waals surface area (Å²) in [5, 5.41) is 2.87. The van der Waals surface area contributed by atoms with E-state index in [1.54, 1.807) is 6.08 Å². The van der Waals surface area contributed by atoms with Crippen molar-refractivity contribution in [2.24, 2.45) is 23.7 Å². The molecule has 1 N–H and O–H groups in total. The molecule has 174 valence electrons. The van der Waals surface area contributed by atoms with Crippen molar-refractivity contribution in [2.75, 3.05) is 6.67 Å².